The van der Waals surface area contributed by atoms with Gasteiger partial charge in [0.25, 0.3) is 0 Å². The minimum absolute atomic E-state index is 0.0524. The quantitative estimate of drug-likeness (QED) is 0.290. The Hall–Kier alpha value is -0.480. The normalized spacial score (nSPS) is 31.0. The molecule has 23 heavy (non-hydrogen) atoms. The highest BCUT2D eigenvalue weighted by Crippen LogP contribution is 2.22. The number of aliphatic hydroxyl groups excluding tert-OH is 4. The Morgan fingerprint density at radius 1 is 1.17 bits per heavy atom. The van der Waals surface area contributed by atoms with Crippen LogP contribution in [0.4, 0.5) is 0 Å². The number of thioether (sulfide) groups is 1. The number of allylic oxidation sites excluding steroid dienone is 1. The van der Waals surface area contributed by atoms with Crippen molar-refractivity contribution in [1.82, 2.24) is 0 Å². The van der Waals surface area contributed by atoms with E-state index in [-0.39, 0.29) is 5.78 Å². The maximum absolute atomic E-state index is 11.0. The van der Waals surface area contributed by atoms with Gasteiger partial charge in [0, 0.05) is 6.42 Å². The molecule has 5 atom stereocenters. The van der Waals surface area contributed by atoms with Gasteiger partial charge in [-0.15, -0.1) is 0 Å². The average Bonchev–Trinajstić information content (AvgIpc) is 2.56. The molecule has 8 heteroatoms. The van der Waals surface area contributed by atoms with Crippen molar-refractivity contribution in [2.75, 3.05) is 24.7 Å². The molecule has 0 spiro atoms. The molecule has 0 amide bonds. The van der Waals surface area contributed by atoms with E-state index in [1.54, 1.807) is 11.8 Å². The zero-order valence-corrected chi connectivity index (χ0v) is 13.9. The second-order valence-corrected chi connectivity index (χ2v) is 6.53. The molecule has 0 aliphatic carbocycles. The monoisotopic (exact) mass is 350 g/mol. The topological polar surface area (TPSA) is 116 Å². The molecule has 1 fully saturated rings. The summed E-state index contributed by atoms with van der Waals surface area (Å²) >= 11 is 1.70. The zero-order chi connectivity index (χ0) is 17.2. The van der Waals surface area contributed by atoms with Crippen LogP contribution >= 0.6 is 11.8 Å². The highest BCUT2D eigenvalue weighted by atomic mass is 32.2. The van der Waals surface area contributed by atoms with E-state index in [4.69, 9.17) is 14.6 Å². The Kier molecular flexibility index (Phi) is 9.96. The maximum atomic E-state index is 11.0. The maximum Gasteiger partial charge on any atom is 0.186 e. The minimum Gasteiger partial charge on any atom is -0.394 e. The van der Waals surface area contributed by atoms with Crippen molar-refractivity contribution in [2.24, 2.45) is 0 Å². The van der Waals surface area contributed by atoms with Crippen LogP contribution in [-0.4, -0.2) is 81.6 Å². The van der Waals surface area contributed by atoms with E-state index in [2.05, 4.69) is 6.58 Å². The highest BCUT2D eigenvalue weighted by Gasteiger charge is 2.43. The van der Waals surface area contributed by atoms with Crippen molar-refractivity contribution >= 4 is 17.5 Å². The van der Waals surface area contributed by atoms with E-state index >= 15 is 0 Å². The second-order valence-electron chi connectivity index (χ2n) is 5.31. The smallest absolute Gasteiger partial charge is 0.186 e. The summed E-state index contributed by atoms with van der Waals surface area (Å²) < 4.78 is 10.6. The summed E-state index contributed by atoms with van der Waals surface area (Å²) in [6, 6.07) is 0. The van der Waals surface area contributed by atoms with Gasteiger partial charge in [0.2, 0.25) is 0 Å². The first-order valence-corrected chi connectivity index (χ1v) is 8.81. The Labute approximate surface area is 140 Å². The molecule has 0 saturated carbocycles. The molecule has 1 aliphatic rings. The molecule has 0 aromatic heterocycles. The van der Waals surface area contributed by atoms with E-state index in [1.807, 2.05) is 0 Å². The molecule has 2 unspecified atom stereocenters. The third kappa shape index (κ3) is 6.88. The first-order chi connectivity index (χ1) is 11.0. The molecule has 1 saturated heterocycles. The van der Waals surface area contributed by atoms with Gasteiger partial charge in [-0.25, -0.2) is 0 Å². The van der Waals surface area contributed by atoms with Crippen LogP contribution in [0.1, 0.15) is 19.3 Å². The van der Waals surface area contributed by atoms with Gasteiger partial charge in [0.1, 0.15) is 24.4 Å². The van der Waals surface area contributed by atoms with E-state index in [0.717, 1.165) is 24.3 Å². The number of hydrogen-bond donors (Lipinski definition) is 4. The minimum atomic E-state index is -1.41. The number of ketones is 1. The molecule has 0 bridgehead atoms. The van der Waals surface area contributed by atoms with Crippen LogP contribution in [0, 0.1) is 0 Å². The van der Waals surface area contributed by atoms with Crippen molar-refractivity contribution in [3.63, 3.8) is 0 Å². The lowest BCUT2D eigenvalue weighted by Crippen LogP contribution is -2.59. The first kappa shape index (κ1) is 20.6. The fourth-order valence-electron chi connectivity index (χ4n) is 2.12. The van der Waals surface area contributed by atoms with E-state index in [1.165, 1.54) is 6.08 Å². The van der Waals surface area contributed by atoms with Crippen LogP contribution < -0.4 is 0 Å². The standard InChI is InChI=1S/C15H26O7S/c1-2-10(17)5-3-7-23-8-4-6-21-15-14(20)13(19)12(18)11(9-16)22-15/h2,11-16,18-20H,1,3-9H2/t11?,12-,13+,14?,15+/m1/s1. The molecule has 1 heterocycles. The summed E-state index contributed by atoms with van der Waals surface area (Å²) in [5.74, 6) is 1.76. The molecule has 7 nitrogen and oxygen atoms in total. The number of carbonyl (C=O) groups excluding carboxylic acids is 1. The highest BCUT2D eigenvalue weighted by molar-refractivity contribution is 7.99. The Bertz CT molecular complexity index is 364. The average molecular weight is 350 g/mol. The van der Waals surface area contributed by atoms with Crippen LogP contribution in [0.3, 0.4) is 0 Å². The van der Waals surface area contributed by atoms with Gasteiger partial charge in [-0.3, -0.25) is 4.79 Å². The number of hydrogen-bond acceptors (Lipinski definition) is 8. The summed E-state index contributed by atoms with van der Waals surface area (Å²) in [7, 11) is 0. The van der Waals surface area contributed by atoms with Crippen molar-refractivity contribution in [3.05, 3.63) is 12.7 Å². The lowest BCUT2D eigenvalue weighted by Gasteiger charge is -2.39. The zero-order valence-electron chi connectivity index (χ0n) is 13.0. The molecule has 134 valence electrons. The van der Waals surface area contributed by atoms with Crippen LogP contribution in [0.5, 0.6) is 0 Å². The summed E-state index contributed by atoms with van der Waals surface area (Å²) in [5.41, 5.74) is 0. The molecule has 1 rings (SSSR count). The molecule has 1 aliphatic heterocycles. The third-order valence-electron chi connectivity index (χ3n) is 3.50. The summed E-state index contributed by atoms with van der Waals surface area (Å²) in [4.78, 5) is 11.0. The van der Waals surface area contributed by atoms with Gasteiger partial charge >= 0.3 is 0 Å². The SMILES string of the molecule is C=CC(=O)CCCSCCCO[C@H]1OC(CO)[C@@H](O)[C@H](O)C1O. The summed E-state index contributed by atoms with van der Waals surface area (Å²) in [6.45, 7) is 3.27. The number of ether oxygens (including phenoxy) is 2. The van der Waals surface area contributed by atoms with Gasteiger partial charge in [-0.05, 0) is 30.4 Å². The Morgan fingerprint density at radius 2 is 1.87 bits per heavy atom. The van der Waals surface area contributed by atoms with Crippen molar-refractivity contribution < 1.29 is 34.7 Å². The van der Waals surface area contributed by atoms with E-state index in [0.29, 0.717) is 13.0 Å². The number of carbonyl (C=O) groups is 1. The van der Waals surface area contributed by atoms with Gasteiger partial charge in [-0.1, -0.05) is 6.58 Å². The predicted molar refractivity (Wildman–Crippen MR) is 86.1 cm³/mol. The molecule has 0 aromatic rings. The van der Waals surface area contributed by atoms with Crippen molar-refractivity contribution in [1.29, 1.82) is 0 Å². The van der Waals surface area contributed by atoms with Gasteiger partial charge in [-0.2, -0.15) is 11.8 Å². The van der Waals surface area contributed by atoms with Crippen molar-refractivity contribution in [3.8, 4) is 0 Å². The van der Waals surface area contributed by atoms with E-state index in [9.17, 15) is 20.1 Å². The summed E-state index contributed by atoms with van der Waals surface area (Å²) in [6.07, 6.45) is -2.79. The second kappa shape index (κ2) is 11.1. The predicted octanol–water partition coefficient (Wildman–Crippen LogP) is -0.539. The van der Waals surface area contributed by atoms with E-state index < -0.39 is 37.3 Å². The molecular weight excluding hydrogens is 324 g/mol. The number of rotatable bonds is 11. The summed E-state index contributed by atoms with van der Waals surface area (Å²) in [5, 5.41) is 38.1. The van der Waals surface area contributed by atoms with Gasteiger partial charge in [0.15, 0.2) is 12.1 Å². The van der Waals surface area contributed by atoms with Crippen LogP contribution in [0.25, 0.3) is 0 Å². The fraction of sp³-hybridized carbons (Fsp3) is 0.800. The largest absolute Gasteiger partial charge is 0.394 e. The Balaban J connectivity index is 2.13. The lowest BCUT2D eigenvalue weighted by atomic mass is 9.99. The number of aliphatic hydroxyl groups is 4. The molecule has 4 N–H and O–H groups in total. The lowest BCUT2D eigenvalue weighted by molar-refractivity contribution is -0.300. The van der Waals surface area contributed by atoms with Crippen LogP contribution in [0.2, 0.25) is 0 Å². The van der Waals surface area contributed by atoms with Crippen molar-refractivity contribution in [2.45, 2.75) is 50.0 Å². The Morgan fingerprint density at radius 3 is 2.52 bits per heavy atom. The third-order valence-corrected chi connectivity index (χ3v) is 4.66. The molecular formula is C15H26O7S. The van der Waals surface area contributed by atoms with Gasteiger partial charge in [0.05, 0.1) is 13.2 Å². The molecule has 0 aromatic carbocycles. The fourth-order valence-corrected chi connectivity index (χ4v) is 2.99. The van der Waals surface area contributed by atoms with Crippen LogP contribution in [0.15, 0.2) is 12.7 Å². The molecule has 0 radical (unpaired) electrons. The van der Waals surface area contributed by atoms with Crippen LogP contribution in [-0.2, 0) is 14.3 Å². The first-order valence-electron chi connectivity index (χ1n) is 7.66. The van der Waals surface area contributed by atoms with Gasteiger partial charge < -0.3 is 29.9 Å².